The first-order valence-electron chi connectivity index (χ1n) is 9.94. The van der Waals surface area contributed by atoms with E-state index in [4.69, 9.17) is 4.74 Å². The van der Waals surface area contributed by atoms with Crippen molar-refractivity contribution >= 4 is 29.1 Å². The van der Waals surface area contributed by atoms with Gasteiger partial charge in [0.2, 0.25) is 5.91 Å². The summed E-state index contributed by atoms with van der Waals surface area (Å²) in [5.41, 5.74) is 0.131. The maximum Gasteiger partial charge on any atom is 0.254 e. The normalized spacial score (nSPS) is 15.4. The van der Waals surface area contributed by atoms with Crippen LogP contribution in [0.3, 0.4) is 0 Å². The topological polar surface area (TPSA) is 87.7 Å². The molecule has 0 saturated carbocycles. The molecule has 1 aliphatic heterocycles. The summed E-state index contributed by atoms with van der Waals surface area (Å²) in [6.07, 6.45) is 0.959. The highest BCUT2D eigenvalue weighted by Crippen LogP contribution is 2.19. The minimum atomic E-state index is -0.905. The van der Waals surface area contributed by atoms with Crippen molar-refractivity contribution < 1.29 is 27.9 Å². The number of ether oxygens (including phenoxy) is 1. The Labute approximate surface area is 178 Å². The highest BCUT2D eigenvalue weighted by Gasteiger charge is 2.24. The number of benzene rings is 2. The van der Waals surface area contributed by atoms with Gasteiger partial charge in [-0.3, -0.25) is 14.4 Å². The molecule has 2 aromatic carbocycles. The standard InChI is InChI=1S/C22H23F2N3O4/c1-2-27(13-19(28)26-20-16(23)8-4-9-17(20)24)22(30)14-6-3-7-15(12-14)25-21(29)18-10-5-11-31-18/h3-4,6-9,12,18H,2,5,10-11,13H2,1H3,(H,25,29)(H,26,28). The van der Waals surface area contributed by atoms with Gasteiger partial charge in [0.1, 0.15) is 30.0 Å². The number of anilines is 2. The van der Waals surface area contributed by atoms with Crippen LogP contribution in [0.4, 0.5) is 20.2 Å². The van der Waals surface area contributed by atoms with Gasteiger partial charge in [0.25, 0.3) is 11.8 Å². The third kappa shape index (κ3) is 5.64. The summed E-state index contributed by atoms with van der Waals surface area (Å²) < 4.78 is 32.8. The van der Waals surface area contributed by atoms with Gasteiger partial charge in [-0.05, 0) is 50.1 Å². The third-order valence-electron chi connectivity index (χ3n) is 4.83. The number of carbonyl (C=O) groups is 3. The van der Waals surface area contributed by atoms with Gasteiger partial charge in [-0.25, -0.2) is 8.78 Å². The summed E-state index contributed by atoms with van der Waals surface area (Å²) in [6.45, 7) is 2.02. The van der Waals surface area contributed by atoms with Gasteiger partial charge < -0.3 is 20.3 Å². The highest BCUT2D eigenvalue weighted by molar-refractivity contribution is 6.01. The molecule has 9 heteroatoms. The van der Waals surface area contributed by atoms with Crippen LogP contribution in [-0.2, 0) is 14.3 Å². The predicted molar refractivity (Wildman–Crippen MR) is 111 cm³/mol. The number of hydrogen-bond donors (Lipinski definition) is 2. The largest absolute Gasteiger partial charge is 0.368 e. The maximum absolute atomic E-state index is 13.7. The van der Waals surface area contributed by atoms with E-state index < -0.39 is 41.8 Å². The van der Waals surface area contributed by atoms with Crippen LogP contribution in [-0.4, -0.2) is 48.4 Å². The van der Waals surface area contributed by atoms with Crippen molar-refractivity contribution in [3.63, 3.8) is 0 Å². The third-order valence-corrected chi connectivity index (χ3v) is 4.83. The Hall–Kier alpha value is -3.33. The van der Waals surface area contributed by atoms with E-state index in [0.29, 0.717) is 18.7 Å². The first-order valence-corrected chi connectivity index (χ1v) is 9.94. The summed E-state index contributed by atoms with van der Waals surface area (Å²) in [7, 11) is 0. The van der Waals surface area contributed by atoms with Crippen LogP contribution in [0.1, 0.15) is 30.1 Å². The predicted octanol–water partition coefficient (Wildman–Crippen LogP) is 3.18. The molecule has 0 radical (unpaired) electrons. The van der Waals surface area contributed by atoms with Gasteiger partial charge in [-0.1, -0.05) is 12.1 Å². The van der Waals surface area contributed by atoms with E-state index in [1.165, 1.54) is 17.0 Å². The monoisotopic (exact) mass is 431 g/mol. The number of nitrogens with zero attached hydrogens (tertiary/aromatic N) is 1. The van der Waals surface area contributed by atoms with Crippen molar-refractivity contribution in [3.8, 4) is 0 Å². The summed E-state index contributed by atoms with van der Waals surface area (Å²) in [5.74, 6) is -3.28. The lowest BCUT2D eigenvalue weighted by Gasteiger charge is -2.21. The Bertz CT molecular complexity index is 957. The number of nitrogens with one attached hydrogen (secondary N) is 2. The van der Waals surface area contributed by atoms with Crippen molar-refractivity contribution in [3.05, 3.63) is 59.7 Å². The van der Waals surface area contributed by atoms with Crippen molar-refractivity contribution in [2.45, 2.75) is 25.9 Å². The molecule has 2 N–H and O–H groups in total. The van der Waals surface area contributed by atoms with Crippen molar-refractivity contribution in [2.24, 2.45) is 0 Å². The van der Waals surface area contributed by atoms with Gasteiger partial charge in [0.15, 0.2) is 0 Å². The second-order valence-electron chi connectivity index (χ2n) is 7.04. The van der Waals surface area contributed by atoms with Crippen molar-refractivity contribution in [1.29, 1.82) is 0 Å². The first kappa shape index (κ1) is 22.4. The second kappa shape index (κ2) is 10.1. The van der Waals surface area contributed by atoms with Gasteiger partial charge in [-0.2, -0.15) is 0 Å². The molecule has 3 rings (SSSR count). The lowest BCUT2D eigenvalue weighted by Crippen LogP contribution is -2.38. The Morgan fingerprint density at radius 2 is 1.81 bits per heavy atom. The summed E-state index contributed by atoms with van der Waals surface area (Å²) in [5, 5.41) is 4.89. The molecule has 164 valence electrons. The number of carbonyl (C=O) groups excluding carboxylic acids is 3. The van der Waals surface area contributed by atoms with Crippen LogP contribution in [0.2, 0.25) is 0 Å². The molecule has 0 spiro atoms. The Morgan fingerprint density at radius 3 is 2.45 bits per heavy atom. The van der Waals surface area contributed by atoms with Crippen LogP contribution in [0, 0.1) is 11.6 Å². The molecule has 1 heterocycles. The molecule has 0 bridgehead atoms. The molecule has 1 fully saturated rings. The average molecular weight is 431 g/mol. The van der Waals surface area contributed by atoms with Crippen LogP contribution in [0.25, 0.3) is 0 Å². The fraction of sp³-hybridized carbons (Fsp3) is 0.318. The van der Waals surface area contributed by atoms with Crippen LogP contribution >= 0.6 is 0 Å². The van der Waals surface area contributed by atoms with Gasteiger partial charge >= 0.3 is 0 Å². The number of para-hydroxylation sites is 1. The van der Waals surface area contributed by atoms with Crippen LogP contribution in [0.5, 0.6) is 0 Å². The van der Waals surface area contributed by atoms with Gasteiger partial charge in [0.05, 0.1) is 0 Å². The van der Waals surface area contributed by atoms with E-state index in [0.717, 1.165) is 18.6 Å². The van der Waals surface area contributed by atoms with E-state index in [1.807, 2.05) is 0 Å². The number of rotatable bonds is 7. The van der Waals surface area contributed by atoms with Gasteiger partial charge in [-0.15, -0.1) is 0 Å². The Morgan fingerprint density at radius 1 is 1.10 bits per heavy atom. The molecule has 0 aliphatic carbocycles. The first-order chi connectivity index (χ1) is 14.9. The molecule has 7 nitrogen and oxygen atoms in total. The maximum atomic E-state index is 13.7. The minimum absolute atomic E-state index is 0.193. The van der Waals surface area contributed by atoms with E-state index >= 15 is 0 Å². The zero-order valence-corrected chi connectivity index (χ0v) is 17.0. The van der Waals surface area contributed by atoms with E-state index in [-0.39, 0.29) is 18.0 Å². The summed E-state index contributed by atoms with van der Waals surface area (Å²) >= 11 is 0. The quantitative estimate of drug-likeness (QED) is 0.705. The van der Waals surface area contributed by atoms with E-state index in [2.05, 4.69) is 10.6 Å². The Kier molecular flexibility index (Phi) is 7.30. The smallest absolute Gasteiger partial charge is 0.254 e. The van der Waals surface area contributed by atoms with Crippen LogP contribution < -0.4 is 10.6 Å². The van der Waals surface area contributed by atoms with Crippen molar-refractivity contribution in [2.75, 3.05) is 30.3 Å². The molecular formula is C22H23F2N3O4. The SMILES string of the molecule is CCN(CC(=O)Nc1c(F)cccc1F)C(=O)c1cccc(NC(=O)C2CCCO2)c1. The molecule has 1 atom stereocenters. The Balaban J connectivity index is 1.65. The van der Waals surface area contributed by atoms with Gasteiger partial charge in [0, 0.05) is 24.4 Å². The molecule has 1 saturated heterocycles. The molecule has 0 aromatic heterocycles. The number of likely N-dealkylation sites (N-methyl/N-ethyl adjacent to an activating group) is 1. The molecule has 1 unspecified atom stereocenters. The van der Waals surface area contributed by atoms with Crippen molar-refractivity contribution in [1.82, 2.24) is 4.90 Å². The zero-order valence-electron chi connectivity index (χ0n) is 17.0. The number of amides is 3. The van der Waals surface area contributed by atoms with E-state index in [9.17, 15) is 23.2 Å². The fourth-order valence-corrected chi connectivity index (χ4v) is 3.22. The zero-order chi connectivity index (χ0) is 22.4. The number of halogens is 2. The number of hydrogen-bond acceptors (Lipinski definition) is 4. The lowest BCUT2D eigenvalue weighted by atomic mass is 10.1. The molecule has 31 heavy (non-hydrogen) atoms. The minimum Gasteiger partial charge on any atom is -0.368 e. The highest BCUT2D eigenvalue weighted by atomic mass is 19.1. The van der Waals surface area contributed by atoms with Crippen LogP contribution in [0.15, 0.2) is 42.5 Å². The second-order valence-corrected chi connectivity index (χ2v) is 7.04. The molecule has 1 aliphatic rings. The van der Waals surface area contributed by atoms with E-state index in [1.54, 1.807) is 25.1 Å². The summed E-state index contributed by atoms with van der Waals surface area (Å²) in [4.78, 5) is 38.6. The molecule has 3 amide bonds. The summed E-state index contributed by atoms with van der Waals surface area (Å²) in [6, 6.07) is 9.56. The lowest BCUT2D eigenvalue weighted by molar-refractivity contribution is -0.124. The molecule has 2 aromatic rings. The average Bonchev–Trinajstić information content (AvgIpc) is 3.29. The molecular weight excluding hydrogens is 408 g/mol. The fourth-order valence-electron chi connectivity index (χ4n) is 3.22.